The van der Waals surface area contributed by atoms with Crippen LogP contribution in [0, 0.1) is 5.82 Å². The number of nitrogens with one attached hydrogen (secondary N) is 1. The summed E-state index contributed by atoms with van der Waals surface area (Å²) in [4.78, 5) is 28.3. The van der Waals surface area contributed by atoms with Crippen LogP contribution >= 0.6 is 11.3 Å². The summed E-state index contributed by atoms with van der Waals surface area (Å²) in [7, 11) is 0. The van der Waals surface area contributed by atoms with E-state index in [1.165, 1.54) is 12.1 Å². The SMILES string of the molecule is O=C(C[C@H](c1cccs1)N1Cc2ccccc2C1=O)NCc1ccc(F)cc1. The quantitative estimate of drug-likeness (QED) is 0.678. The van der Waals surface area contributed by atoms with Crippen molar-refractivity contribution in [2.45, 2.75) is 25.6 Å². The van der Waals surface area contributed by atoms with Gasteiger partial charge < -0.3 is 10.2 Å². The zero-order valence-electron chi connectivity index (χ0n) is 15.1. The lowest BCUT2D eigenvalue weighted by molar-refractivity contribution is -0.122. The maximum absolute atomic E-state index is 13.0. The second-order valence-electron chi connectivity index (χ2n) is 6.73. The summed E-state index contributed by atoms with van der Waals surface area (Å²) < 4.78 is 13.0. The van der Waals surface area contributed by atoms with Crippen molar-refractivity contribution in [2.24, 2.45) is 0 Å². The van der Waals surface area contributed by atoms with Gasteiger partial charge in [-0.3, -0.25) is 9.59 Å². The number of halogens is 1. The first-order chi connectivity index (χ1) is 13.6. The van der Waals surface area contributed by atoms with E-state index in [1.807, 2.05) is 41.8 Å². The molecule has 4 rings (SSSR count). The van der Waals surface area contributed by atoms with Gasteiger partial charge in [0, 0.05) is 23.5 Å². The highest BCUT2D eigenvalue weighted by Crippen LogP contribution is 2.35. The molecule has 0 saturated heterocycles. The van der Waals surface area contributed by atoms with Crippen molar-refractivity contribution in [1.29, 1.82) is 0 Å². The Balaban J connectivity index is 1.48. The topological polar surface area (TPSA) is 49.4 Å². The van der Waals surface area contributed by atoms with Gasteiger partial charge in [-0.25, -0.2) is 4.39 Å². The minimum absolute atomic E-state index is 0.0414. The molecule has 0 bridgehead atoms. The number of benzene rings is 2. The van der Waals surface area contributed by atoms with Crippen molar-refractivity contribution in [2.75, 3.05) is 0 Å². The highest BCUT2D eigenvalue weighted by atomic mass is 32.1. The van der Waals surface area contributed by atoms with E-state index >= 15 is 0 Å². The maximum Gasteiger partial charge on any atom is 0.255 e. The molecule has 0 radical (unpaired) electrons. The van der Waals surface area contributed by atoms with Gasteiger partial charge in [0.2, 0.25) is 5.91 Å². The average molecular weight is 394 g/mol. The van der Waals surface area contributed by atoms with E-state index in [1.54, 1.807) is 28.4 Å². The van der Waals surface area contributed by atoms with Gasteiger partial charge in [0.25, 0.3) is 5.91 Å². The smallest absolute Gasteiger partial charge is 0.255 e. The third kappa shape index (κ3) is 3.82. The average Bonchev–Trinajstić information content (AvgIpc) is 3.35. The van der Waals surface area contributed by atoms with Crippen LogP contribution < -0.4 is 5.32 Å². The molecule has 4 nitrogen and oxygen atoms in total. The van der Waals surface area contributed by atoms with Crippen molar-refractivity contribution >= 4 is 23.2 Å². The monoisotopic (exact) mass is 394 g/mol. The summed E-state index contributed by atoms with van der Waals surface area (Å²) >= 11 is 1.54. The lowest BCUT2D eigenvalue weighted by Crippen LogP contribution is -2.33. The normalized spacial score (nSPS) is 14.0. The predicted octanol–water partition coefficient (Wildman–Crippen LogP) is 4.29. The number of hydrogen-bond donors (Lipinski definition) is 1. The Morgan fingerprint density at radius 2 is 1.89 bits per heavy atom. The largest absolute Gasteiger partial charge is 0.352 e. The molecule has 0 fully saturated rings. The number of carbonyl (C=O) groups excluding carboxylic acids is 2. The first-order valence-electron chi connectivity index (χ1n) is 9.05. The van der Waals surface area contributed by atoms with Crippen LogP contribution in [0.1, 0.15) is 38.8 Å². The van der Waals surface area contributed by atoms with Gasteiger partial charge in [0.05, 0.1) is 12.5 Å². The molecule has 1 atom stereocenters. The summed E-state index contributed by atoms with van der Waals surface area (Å²) in [5.41, 5.74) is 2.52. The van der Waals surface area contributed by atoms with Gasteiger partial charge in [-0.2, -0.15) is 0 Å². The summed E-state index contributed by atoms with van der Waals surface area (Å²) in [6.07, 6.45) is 0.182. The van der Waals surface area contributed by atoms with E-state index in [9.17, 15) is 14.0 Å². The Bertz CT molecular complexity index is 986. The Labute approximate surface area is 166 Å². The zero-order chi connectivity index (χ0) is 19.5. The van der Waals surface area contributed by atoms with Crippen LogP contribution in [0.15, 0.2) is 66.0 Å². The molecule has 142 valence electrons. The second kappa shape index (κ2) is 7.94. The van der Waals surface area contributed by atoms with E-state index in [2.05, 4.69) is 5.32 Å². The Morgan fingerprint density at radius 3 is 2.61 bits per heavy atom. The Kier molecular flexibility index (Phi) is 5.21. The highest BCUT2D eigenvalue weighted by Gasteiger charge is 2.34. The van der Waals surface area contributed by atoms with Crippen LogP contribution in [0.2, 0.25) is 0 Å². The molecule has 2 aromatic carbocycles. The zero-order valence-corrected chi connectivity index (χ0v) is 15.9. The van der Waals surface area contributed by atoms with E-state index in [0.29, 0.717) is 18.7 Å². The first kappa shape index (κ1) is 18.4. The lowest BCUT2D eigenvalue weighted by atomic mass is 10.1. The van der Waals surface area contributed by atoms with E-state index in [-0.39, 0.29) is 30.1 Å². The summed E-state index contributed by atoms with van der Waals surface area (Å²) in [5, 5.41) is 4.83. The van der Waals surface area contributed by atoms with Gasteiger partial charge in [0.1, 0.15) is 5.82 Å². The van der Waals surface area contributed by atoms with E-state index in [4.69, 9.17) is 0 Å². The third-order valence-corrected chi connectivity index (χ3v) is 5.85. The van der Waals surface area contributed by atoms with E-state index < -0.39 is 0 Å². The molecule has 0 saturated carbocycles. The Hall–Kier alpha value is -2.99. The van der Waals surface area contributed by atoms with Crippen molar-refractivity contribution in [1.82, 2.24) is 10.2 Å². The van der Waals surface area contributed by atoms with Crippen molar-refractivity contribution in [3.05, 3.63) is 93.4 Å². The molecular weight excluding hydrogens is 375 g/mol. The van der Waals surface area contributed by atoms with Crippen LogP contribution in [-0.2, 0) is 17.9 Å². The van der Waals surface area contributed by atoms with Crippen LogP contribution in [-0.4, -0.2) is 16.7 Å². The second-order valence-corrected chi connectivity index (χ2v) is 7.71. The number of hydrogen-bond acceptors (Lipinski definition) is 3. The molecular formula is C22H19FN2O2S. The predicted molar refractivity (Wildman–Crippen MR) is 106 cm³/mol. The fourth-order valence-corrected chi connectivity index (χ4v) is 4.26. The summed E-state index contributed by atoms with van der Waals surface area (Å²) in [6.45, 7) is 0.827. The van der Waals surface area contributed by atoms with Crippen molar-refractivity contribution in [3.8, 4) is 0 Å². The molecule has 2 amide bonds. The number of nitrogens with zero attached hydrogens (tertiary/aromatic N) is 1. The van der Waals surface area contributed by atoms with Gasteiger partial charge in [0.15, 0.2) is 0 Å². The van der Waals surface area contributed by atoms with Crippen molar-refractivity contribution in [3.63, 3.8) is 0 Å². The maximum atomic E-state index is 13.0. The number of thiophene rings is 1. The molecule has 1 aliphatic rings. The standard InChI is InChI=1S/C22H19FN2O2S/c23-17-9-7-15(8-10-17)13-24-21(26)12-19(20-6-3-11-28-20)25-14-16-4-1-2-5-18(16)22(25)27/h1-11,19H,12-14H2,(H,24,26)/t19-/m1/s1. The van der Waals surface area contributed by atoms with Crippen LogP contribution in [0.4, 0.5) is 4.39 Å². The van der Waals surface area contributed by atoms with Crippen LogP contribution in [0.25, 0.3) is 0 Å². The van der Waals surface area contributed by atoms with Crippen LogP contribution in [0.3, 0.4) is 0 Å². The number of rotatable bonds is 6. The molecule has 6 heteroatoms. The molecule has 1 aromatic heterocycles. The molecule has 0 unspecified atom stereocenters. The fourth-order valence-electron chi connectivity index (χ4n) is 3.42. The number of amides is 2. The Morgan fingerprint density at radius 1 is 1.11 bits per heavy atom. The minimum Gasteiger partial charge on any atom is -0.352 e. The number of carbonyl (C=O) groups is 2. The molecule has 1 aliphatic heterocycles. The molecule has 3 aromatic rings. The molecule has 0 aliphatic carbocycles. The summed E-state index contributed by atoms with van der Waals surface area (Å²) in [6, 6.07) is 17.2. The minimum atomic E-state index is -0.312. The fraction of sp³-hybridized carbons (Fsp3) is 0.182. The molecule has 28 heavy (non-hydrogen) atoms. The van der Waals surface area contributed by atoms with Gasteiger partial charge >= 0.3 is 0 Å². The van der Waals surface area contributed by atoms with Crippen LogP contribution in [0.5, 0.6) is 0 Å². The summed E-state index contributed by atoms with van der Waals surface area (Å²) in [5.74, 6) is -0.494. The molecule has 0 spiro atoms. The van der Waals surface area contributed by atoms with Gasteiger partial charge in [-0.15, -0.1) is 11.3 Å². The highest BCUT2D eigenvalue weighted by molar-refractivity contribution is 7.10. The molecule has 1 N–H and O–H groups in total. The third-order valence-electron chi connectivity index (χ3n) is 4.88. The first-order valence-corrected chi connectivity index (χ1v) is 9.93. The van der Waals surface area contributed by atoms with Crippen molar-refractivity contribution < 1.29 is 14.0 Å². The molecule has 2 heterocycles. The number of fused-ring (bicyclic) bond motifs is 1. The lowest BCUT2D eigenvalue weighted by Gasteiger charge is -2.26. The van der Waals surface area contributed by atoms with E-state index in [0.717, 1.165) is 16.0 Å². The van der Waals surface area contributed by atoms with Gasteiger partial charge in [-0.05, 0) is 40.8 Å². The van der Waals surface area contributed by atoms with Gasteiger partial charge in [-0.1, -0.05) is 36.4 Å².